The van der Waals surface area contributed by atoms with Crippen molar-refractivity contribution in [3.63, 3.8) is 0 Å². The van der Waals surface area contributed by atoms with Gasteiger partial charge in [-0.1, -0.05) is 26.0 Å². The Morgan fingerprint density at radius 2 is 2.10 bits per heavy atom. The Kier molecular flexibility index (Phi) is 4.40. The summed E-state index contributed by atoms with van der Waals surface area (Å²) in [7, 11) is 0. The molecule has 0 saturated carbocycles. The quantitative estimate of drug-likeness (QED) is 0.671. The van der Waals surface area contributed by atoms with Gasteiger partial charge in [-0.15, -0.1) is 0 Å². The Balaban J connectivity index is 2.06. The molecule has 0 aliphatic rings. The van der Waals surface area contributed by atoms with E-state index in [1.54, 1.807) is 23.0 Å². The number of ether oxygens (including phenoxy) is 1. The van der Waals surface area contributed by atoms with E-state index in [-0.39, 0.29) is 5.69 Å². The molecule has 0 unspecified atom stereocenters. The Hall–Kier alpha value is -2.30. The molecule has 1 heterocycles. The molecule has 5 nitrogen and oxygen atoms in total. The molecule has 0 amide bonds. The van der Waals surface area contributed by atoms with Crippen LogP contribution in [0.3, 0.4) is 0 Å². The van der Waals surface area contributed by atoms with Gasteiger partial charge in [0.15, 0.2) is 5.69 Å². The van der Waals surface area contributed by atoms with E-state index in [4.69, 9.17) is 10.5 Å². The molecule has 2 rings (SSSR count). The van der Waals surface area contributed by atoms with Gasteiger partial charge < -0.3 is 10.5 Å². The second-order valence-corrected chi connectivity index (χ2v) is 5.02. The number of rotatable bonds is 5. The SMILES string of the molecule is CC(C)CCOC(=O)c1ccn(-c2ccccc2N)n1. The maximum absolute atomic E-state index is 11.8. The molecule has 2 aromatic rings. The van der Waals surface area contributed by atoms with Crippen LogP contribution in [0.1, 0.15) is 30.8 Å². The number of nitrogens with zero attached hydrogens (tertiary/aromatic N) is 2. The van der Waals surface area contributed by atoms with Gasteiger partial charge in [0.2, 0.25) is 0 Å². The predicted molar refractivity (Wildman–Crippen MR) is 77.7 cm³/mol. The number of carbonyl (C=O) groups is 1. The zero-order chi connectivity index (χ0) is 14.5. The average Bonchev–Trinajstić information content (AvgIpc) is 2.88. The van der Waals surface area contributed by atoms with Crippen molar-refractivity contribution in [3.8, 4) is 5.69 Å². The van der Waals surface area contributed by atoms with Crippen LogP contribution in [0.25, 0.3) is 5.69 Å². The largest absolute Gasteiger partial charge is 0.461 e. The van der Waals surface area contributed by atoms with E-state index in [0.29, 0.717) is 18.2 Å². The van der Waals surface area contributed by atoms with Crippen LogP contribution in [-0.4, -0.2) is 22.4 Å². The smallest absolute Gasteiger partial charge is 0.358 e. The molecule has 0 saturated heterocycles. The molecule has 2 N–H and O–H groups in total. The molecule has 0 radical (unpaired) electrons. The monoisotopic (exact) mass is 273 g/mol. The minimum atomic E-state index is -0.404. The number of benzene rings is 1. The van der Waals surface area contributed by atoms with Gasteiger partial charge >= 0.3 is 5.97 Å². The maximum atomic E-state index is 11.8. The molecule has 0 spiro atoms. The third-order valence-corrected chi connectivity index (χ3v) is 2.91. The molecular formula is C15H19N3O2. The lowest BCUT2D eigenvalue weighted by Crippen LogP contribution is -2.09. The van der Waals surface area contributed by atoms with Gasteiger partial charge in [0.25, 0.3) is 0 Å². The summed E-state index contributed by atoms with van der Waals surface area (Å²) in [6, 6.07) is 8.98. The standard InChI is InChI=1S/C15H19N3O2/c1-11(2)8-10-20-15(19)13-7-9-18(17-13)14-6-4-3-5-12(14)16/h3-7,9,11H,8,10,16H2,1-2H3. The van der Waals surface area contributed by atoms with Gasteiger partial charge in [0.05, 0.1) is 18.0 Å². The first-order chi connectivity index (χ1) is 9.58. The molecule has 106 valence electrons. The van der Waals surface area contributed by atoms with Crippen LogP contribution in [0.5, 0.6) is 0 Å². The van der Waals surface area contributed by atoms with Crippen molar-refractivity contribution in [3.05, 3.63) is 42.2 Å². The van der Waals surface area contributed by atoms with E-state index in [1.807, 2.05) is 18.2 Å². The third kappa shape index (κ3) is 3.38. The van der Waals surface area contributed by atoms with Gasteiger partial charge in [-0.05, 0) is 30.5 Å². The molecule has 1 aromatic carbocycles. The number of nitrogen functional groups attached to an aromatic ring is 1. The zero-order valence-corrected chi connectivity index (χ0v) is 11.7. The second-order valence-electron chi connectivity index (χ2n) is 5.02. The molecule has 0 fully saturated rings. The molecule has 0 aliphatic heterocycles. The number of anilines is 1. The van der Waals surface area contributed by atoms with Gasteiger partial charge in [-0.25, -0.2) is 9.48 Å². The summed E-state index contributed by atoms with van der Waals surface area (Å²) in [6.45, 7) is 4.58. The van der Waals surface area contributed by atoms with Crippen LogP contribution in [-0.2, 0) is 4.74 Å². The van der Waals surface area contributed by atoms with E-state index in [2.05, 4.69) is 18.9 Å². The Bertz CT molecular complexity index is 590. The molecule has 0 bridgehead atoms. The Morgan fingerprint density at radius 1 is 1.35 bits per heavy atom. The number of hydrogen-bond acceptors (Lipinski definition) is 4. The fourth-order valence-corrected chi connectivity index (χ4v) is 1.72. The van der Waals surface area contributed by atoms with Crippen molar-refractivity contribution in [1.82, 2.24) is 9.78 Å². The number of aromatic nitrogens is 2. The Morgan fingerprint density at radius 3 is 2.80 bits per heavy atom. The van der Waals surface area contributed by atoms with Crippen molar-refractivity contribution in [2.45, 2.75) is 20.3 Å². The van der Waals surface area contributed by atoms with E-state index in [1.165, 1.54) is 0 Å². The van der Waals surface area contributed by atoms with Gasteiger partial charge in [0, 0.05) is 6.20 Å². The number of carbonyl (C=O) groups excluding carboxylic acids is 1. The van der Waals surface area contributed by atoms with Crippen molar-refractivity contribution in [2.75, 3.05) is 12.3 Å². The van der Waals surface area contributed by atoms with Crippen LogP contribution in [0.15, 0.2) is 36.5 Å². The first-order valence-electron chi connectivity index (χ1n) is 6.65. The van der Waals surface area contributed by atoms with E-state index in [9.17, 15) is 4.79 Å². The topological polar surface area (TPSA) is 70.1 Å². The number of para-hydroxylation sites is 2. The summed E-state index contributed by atoms with van der Waals surface area (Å²) in [4.78, 5) is 11.8. The molecular weight excluding hydrogens is 254 g/mol. The zero-order valence-electron chi connectivity index (χ0n) is 11.7. The molecule has 0 aliphatic carbocycles. The fourth-order valence-electron chi connectivity index (χ4n) is 1.72. The number of esters is 1. The van der Waals surface area contributed by atoms with Crippen molar-refractivity contribution < 1.29 is 9.53 Å². The van der Waals surface area contributed by atoms with Crippen LogP contribution in [0.4, 0.5) is 5.69 Å². The summed E-state index contributed by atoms with van der Waals surface area (Å²) >= 11 is 0. The highest BCUT2D eigenvalue weighted by atomic mass is 16.5. The normalized spacial score (nSPS) is 10.8. The molecule has 0 atom stereocenters. The molecule has 1 aromatic heterocycles. The summed E-state index contributed by atoms with van der Waals surface area (Å²) in [5.41, 5.74) is 7.51. The van der Waals surface area contributed by atoms with Crippen molar-refractivity contribution in [1.29, 1.82) is 0 Å². The van der Waals surface area contributed by atoms with E-state index >= 15 is 0 Å². The fraction of sp³-hybridized carbons (Fsp3) is 0.333. The average molecular weight is 273 g/mol. The van der Waals surface area contributed by atoms with Crippen LogP contribution < -0.4 is 5.73 Å². The highest BCUT2D eigenvalue weighted by Crippen LogP contribution is 2.15. The summed E-state index contributed by atoms with van der Waals surface area (Å²) in [5.74, 6) is 0.100. The number of nitrogens with two attached hydrogens (primary N) is 1. The van der Waals surface area contributed by atoms with E-state index < -0.39 is 5.97 Å². The predicted octanol–water partition coefficient (Wildman–Crippen LogP) is 2.66. The first kappa shape index (κ1) is 14.1. The third-order valence-electron chi connectivity index (χ3n) is 2.91. The molecule has 20 heavy (non-hydrogen) atoms. The summed E-state index contributed by atoms with van der Waals surface area (Å²) in [6.07, 6.45) is 2.54. The lowest BCUT2D eigenvalue weighted by molar-refractivity contribution is 0.0480. The van der Waals surface area contributed by atoms with Crippen LogP contribution >= 0.6 is 0 Å². The van der Waals surface area contributed by atoms with Gasteiger partial charge in [0.1, 0.15) is 0 Å². The minimum absolute atomic E-state index is 0.289. The highest BCUT2D eigenvalue weighted by Gasteiger charge is 2.12. The van der Waals surface area contributed by atoms with Crippen LogP contribution in [0.2, 0.25) is 0 Å². The van der Waals surface area contributed by atoms with Gasteiger partial charge in [-0.2, -0.15) is 5.10 Å². The highest BCUT2D eigenvalue weighted by molar-refractivity contribution is 5.87. The van der Waals surface area contributed by atoms with Crippen molar-refractivity contribution >= 4 is 11.7 Å². The van der Waals surface area contributed by atoms with Gasteiger partial charge in [-0.3, -0.25) is 0 Å². The lowest BCUT2D eigenvalue weighted by atomic mass is 10.1. The molecule has 5 heteroatoms. The second kappa shape index (κ2) is 6.23. The van der Waals surface area contributed by atoms with Crippen LogP contribution in [0, 0.1) is 5.92 Å². The van der Waals surface area contributed by atoms with Crippen molar-refractivity contribution in [2.24, 2.45) is 5.92 Å². The Labute approximate surface area is 118 Å². The van der Waals surface area contributed by atoms with E-state index in [0.717, 1.165) is 12.1 Å². The summed E-state index contributed by atoms with van der Waals surface area (Å²) in [5, 5.41) is 4.20. The first-order valence-corrected chi connectivity index (χ1v) is 6.65. The minimum Gasteiger partial charge on any atom is -0.461 e. The maximum Gasteiger partial charge on any atom is 0.358 e. The summed E-state index contributed by atoms with van der Waals surface area (Å²) < 4.78 is 6.75. The lowest BCUT2D eigenvalue weighted by Gasteiger charge is -2.06. The number of hydrogen-bond donors (Lipinski definition) is 1.